The fraction of sp³-hybridized carbons (Fsp3) is 1.00. The summed E-state index contributed by atoms with van der Waals surface area (Å²) in [6.07, 6.45) is 6.73. The second-order valence-electron chi connectivity index (χ2n) is 4.16. The number of rotatable bonds is 5. The zero-order valence-corrected chi connectivity index (χ0v) is 9.89. The number of hydrogen-bond acceptors (Lipinski definition) is 2. The normalized spacial score (nSPS) is 29.8. The van der Waals surface area contributed by atoms with Crippen molar-refractivity contribution in [1.82, 2.24) is 4.90 Å². The molecule has 2 unspecified atom stereocenters. The summed E-state index contributed by atoms with van der Waals surface area (Å²) in [4.78, 5) is 2.70. The van der Waals surface area contributed by atoms with Crippen molar-refractivity contribution in [2.24, 2.45) is 0 Å². The maximum atomic E-state index is 4.25. The Labute approximate surface area is 88.3 Å². The summed E-state index contributed by atoms with van der Waals surface area (Å²) >= 11 is 4.25. The van der Waals surface area contributed by atoms with E-state index in [4.69, 9.17) is 0 Å². The molecule has 0 radical (unpaired) electrons. The van der Waals surface area contributed by atoms with Crippen LogP contribution >= 0.6 is 12.6 Å². The Morgan fingerprint density at radius 3 is 2.69 bits per heavy atom. The molecule has 2 atom stereocenters. The van der Waals surface area contributed by atoms with Crippen LogP contribution in [-0.2, 0) is 0 Å². The molecule has 0 N–H and O–H groups in total. The minimum atomic E-state index is 0.824. The minimum absolute atomic E-state index is 0.824. The summed E-state index contributed by atoms with van der Waals surface area (Å²) in [5.41, 5.74) is 0. The monoisotopic (exact) mass is 201 g/mol. The maximum Gasteiger partial charge on any atom is 0.00960 e. The quantitative estimate of drug-likeness (QED) is 0.529. The number of likely N-dealkylation sites (tertiary alicyclic amines) is 1. The van der Waals surface area contributed by atoms with Gasteiger partial charge in [-0.25, -0.2) is 0 Å². The molecule has 1 fully saturated rings. The van der Waals surface area contributed by atoms with Gasteiger partial charge in [0.2, 0.25) is 0 Å². The van der Waals surface area contributed by atoms with E-state index in [0.29, 0.717) is 0 Å². The molecular weight excluding hydrogens is 178 g/mol. The van der Waals surface area contributed by atoms with Crippen molar-refractivity contribution in [3.8, 4) is 0 Å². The van der Waals surface area contributed by atoms with E-state index in [0.717, 1.165) is 17.8 Å². The van der Waals surface area contributed by atoms with Gasteiger partial charge in [-0.1, -0.05) is 6.92 Å². The molecule has 0 aliphatic carbocycles. The average molecular weight is 201 g/mol. The fourth-order valence-corrected chi connectivity index (χ4v) is 2.60. The summed E-state index contributed by atoms with van der Waals surface area (Å²) in [6, 6.07) is 1.69. The van der Waals surface area contributed by atoms with Gasteiger partial charge in [0.05, 0.1) is 0 Å². The van der Waals surface area contributed by atoms with Gasteiger partial charge in [0.1, 0.15) is 0 Å². The Hall–Kier alpha value is 0.310. The summed E-state index contributed by atoms with van der Waals surface area (Å²) in [5, 5.41) is 0. The lowest BCUT2D eigenvalue weighted by molar-refractivity contribution is 0.196. The van der Waals surface area contributed by atoms with Crippen LogP contribution < -0.4 is 0 Å². The number of nitrogens with zero attached hydrogens (tertiary/aromatic N) is 1. The fourth-order valence-electron chi connectivity index (χ4n) is 2.37. The van der Waals surface area contributed by atoms with Gasteiger partial charge in [0.25, 0.3) is 0 Å². The summed E-state index contributed by atoms with van der Waals surface area (Å²) in [6.45, 7) is 5.98. The third-order valence-electron chi connectivity index (χ3n) is 3.25. The topological polar surface area (TPSA) is 3.24 Å². The largest absolute Gasteiger partial charge is 0.298 e. The molecule has 2 heteroatoms. The van der Waals surface area contributed by atoms with Gasteiger partial charge >= 0.3 is 0 Å². The maximum absolute atomic E-state index is 4.25. The van der Waals surface area contributed by atoms with E-state index < -0.39 is 0 Å². The van der Waals surface area contributed by atoms with Crippen molar-refractivity contribution in [1.29, 1.82) is 0 Å². The number of thiol groups is 1. The Kier molecular flexibility index (Phi) is 5.18. The predicted molar refractivity (Wildman–Crippen MR) is 62.6 cm³/mol. The third kappa shape index (κ3) is 3.17. The highest BCUT2D eigenvalue weighted by molar-refractivity contribution is 7.80. The minimum Gasteiger partial charge on any atom is -0.298 e. The van der Waals surface area contributed by atoms with Crippen LogP contribution in [0.25, 0.3) is 0 Å². The highest BCUT2D eigenvalue weighted by Gasteiger charge is 2.28. The molecule has 1 saturated heterocycles. The van der Waals surface area contributed by atoms with E-state index in [1.165, 1.54) is 38.6 Å². The van der Waals surface area contributed by atoms with Crippen molar-refractivity contribution in [2.45, 2.75) is 58.0 Å². The molecule has 1 aliphatic rings. The summed E-state index contributed by atoms with van der Waals surface area (Å²) in [7, 11) is 0. The molecule has 1 nitrogen and oxygen atoms in total. The van der Waals surface area contributed by atoms with Gasteiger partial charge in [0.15, 0.2) is 0 Å². The molecular formula is C11H23NS. The molecule has 0 aromatic carbocycles. The molecule has 0 amide bonds. The van der Waals surface area contributed by atoms with E-state index in [2.05, 4.69) is 31.4 Å². The summed E-state index contributed by atoms with van der Waals surface area (Å²) < 4.78 is 0. The molecule has 1 rings (SSSR count). The Bertz CT molecular complexity index is 138. The molecule has 0 aromatic rings. The lowest BCUT2D eigenvalue weighted by Gasteiger charge is -2.27. The van der Waals surface area contributed by atoms with Crippen LogP contribution in [-0.4, -0.2) is 29.3 Å². The lowest BCUT2D eigenvalue weighted by Crippen LogP contribution is -2.34. The molecule has 0 bridgehead atoms. The Balaban J connectivity index is 2.27. The van der Waals surface area contributed by atoms with Crippen LogP contribution in [0.4, 0.5) is 0 Å². The second kappa shape index (κ2) is 5.92. The first-order valence-electron chi connectivity index (χ1n) is 5.66. The van der Waals surface area contributed by atoms with Crippen LogP contribution in [0.1, 0.15) is 46.0 Å². The van der Waals surface area contributed by atoms with Crippen molar-refractivity contribution in [2.75, 3.05) is 12.3 Å². The predicted octanol–water partition coefficient (Wildman–Crippen LogP) is 2.96. The van der Waals surface area contributed by atoms with Crippen LogP contribution in [0, 0.1) is 0 Å². The Morgan fingerprint density at radius 2 is 2.08 bits per heavy atom. The molecule has 0 saturated carbocycles. The van der Waals surface area contributed by atoms with Crippen molar-refractivity contribution < 1.29 is 0 Å². The highest BCUT2D eigenvalue weighted by atomic mass is 32.1. The first-order valence-corrected chi connectivity index (χ1v) is 6.29. The number of unbranched alkanes of at least 4 members (excludes halogenated alkanes) is 1. The van der Waals surface area contributed by atoms with Crippen molar-refractivity contribution in [3.63, 3.8) is 0 Å². The first-order chi connectivity index (χ1) is 6.29. The zero-order valence-electron chi connectivity index (χ0n) is 9.00. The standard InChI is InChI=1S/C11H23NS/c1-3-11-7-6-10(2)12(11)8-4-5-9-13/h10-11,13H,3-9H2,1-2H3. The second-order valence-corrected chi connectivity index (χ2v) is 4.60. The van der Waals surface area contributed by atoms with Gasteiger partial charge in [-0.15, -0.1) is 0 Å². The van der Waals surface area contributed by atoms with Crippen molar-refractivity contribution >= 4 is 12.6 Å². The van der Waals surface area contributed by atoms with Gasteiger partial charge in [-0.3, -0.25) is 4.90 Å². The smallest absolute Gasteiger partial charge is 0.00960 e. The number of hydrogen-bond donors (Lipinski definition) is 1. The van der Waals surface area contributed by atoms with E-state index in [1.807, 2.05) is 0 Å². The molecule has 0 spiro atoms. The third-order valence-corrected chi connectivity index (χ3v) is 3.56. The zero-order chi connectivity index (χ0) is 9.68. The van der Waals surface area contributed by atoms with Crippen molar-refractivity contribution in [3.05, 3.63) is 0 Å². The van der Waals surface area contributed by atoms with E-state index in [1.54, 1.807) is 0 Å². The lowest BCUT2D eigenvalue weighted by atomic mass is 10.1. The van der Waals surface area contributed by atoms with Gasteiger partial charge in [-0.05, 0) is 51.3 Å². The molecule has 78 valence electrons. The highest BCUT2D eigenvalue weighted by Crippen LogP contribution is 2.25. The molecule has 0 aromatic heterocycles. The van der Waals surface area contributed by atoms with Crippen LogP contribution in [0.3, 0.4) is 0 Å². The van der Waals surface area contributed by atoms with Crippen LogP contribution in [0.2, 0.25) is 0 Å². The van der Waals surface area contributed by atoms with E-state index in [9.17, 15) is 0 Å². The van der Waals surface area contributed by atoms with E-state index >= 15 is 0 Å². The molecule has 1 aliphatic heterocycles. The van der Waals surface area contributed by atoms with Gasteiger partial charge < -0.3 is 0 Å². The molecule has 1 heterocycles. The Morgan fingerprint density at radius 1 is 1.31 bits per heavy atom. The SMILES string of the molecule is CCC1CCC(C)N1CCCCS. The van der Waals surface area contributed by atoms with Crippen LogP contribution in [0.15, 0.2) is 0 Å². The van der Waals surface area contributed by atoms with E-state index in [-0.39, 0.29) is 0 Å². The van der Waals surface area contributed by atoms with Gasteiger partial charge in [0, 0.05) is 12.1 Å². The molecule has 13 heavy (non-hydrogen) atoms. The average Bonchev–Trinajstić information content (AvgIpc) is 2.48. The van der Waals surface area contributed by atoms with Gasteiger partial charge in [-0.2, -0.15) is 12.6 Å². The first kappa shape index (κ1) is 11.4. The summed E-state index contributed by atoms with van der Waals surface area (Å²) in [5.74, 6) is 1.04. The van der Waals surface area contributed by atoms with Crippen LogP contribution in [0.5, 0.6) is 0 Å².